The highest BCUT2D eigenvalue weighted by Crippen LogP contribution is 2.35. The van der Waals surface area contributed by atoms with Crippen molar-refractivity contribution in [1.29, 1.82) is 0 Å². The first-order chi connectivity index (χ1) is 9.25. The molecule has 0 aliphatic carbocycles. The van der Waals surface area contributed by atoms with Crippen molar-refractivity contribution in [3.05, 3.63) is 59.4 Å². The fourth-order valence-corrected chi connectivity index (χ4v) is 2.43. The van der Waals surface area contributed by atoms with Gasteiger partial charge in [0.1, 0.15) is 5.75 Å². The van der Waals surface area contributed by atoms with E-state index in [2.05, 4.69) is 4.98 Å². The van der Waals surface area contributed by atoms with E-state index in [-0.39, 0.29) is 11.7 Å². The Morgan fingerprint density at radius 3 is 2.89 bits per heavy atom. The number of fused-ring (bicyclic) bond motifs is 1. The third kappa shape index (κ3) is 2.24. The molecular weight excluding hydrogens is 238 g/mol. The minimum atomic E-state index is -0.116. The van der Waals surface area contributed by atoms with Gasteiger partial charge in [0, 0.05) is 23.0 Å². The van der Waals surface area contributed by atoms with Crippen molar-refractivity contribution in [3.8, 4) is 5.75 Å². The Morgan fingerprint density at radius 2 is 2.11 bits per heavy atom. The van der Waals surface area contributed by atoms with E-state index in [0.717, 1.165) is 23.4 Å². The van der Waals surface area contributed by atoms with E-state index >= 15 is 0 Å². The third-order valence-corrected chi connectivity index (χ3v) is 3.47. The quantitative estimate of drug-likeness (QED) is 0.772. The topological polar surface area (TPSA) is 39.2 Å². The van der Waals surface area contributed by atoms with E-state index < -0.39 is 0 Å². The molecule has 2 aromatic rings. The van der Waals surface area contributed by atoms with Crippen molar-refractivity contribution in [2.75, 3.05) is 6.61 Å². The number of carbonyl (C=O) groups excluding carboxylic acids is 1. The first kappa shape index (κ1) is 11.9. The lowest BCUT2D eigenvalue weighted by atomic mass is 9.87. The zero-order chi connectivity index (χ0) is 13.2. The molecule has 1 aromatic heterocycles. The second-order valence-electron chi connectivity index (χ2n) is 4.78. The summed E-state index contributed by atoms with van der Waals surface area (Å²) in [7, 11) is 0. The van der Waals surface area contributed by atoms with Gasteiger partial charge in [0.2, 0.25) is 0 Å². The summed E-state index contributed by atoms with van der Waals surface area (Å²) in [5.74, 6) is 0.838. The molecule has 1 aliphatic rings. The number of hydrogen-bond donors (Lipinski definition) is 0. The largest absolute Gasteiger partial charge is 0.493 e. The van der Waals surface area contributed by atoms with Crippen molar-refractivity contribution >= 4 is 5.78 Å². The number of carbonyl (C=O) groups is 1. The first-order valence-electron chi connectivity index (χ1n) is 6.44. The number of benzene rings is 1. The number of ketones is 1. The van der Waals surface area contributed by atoms with Gasteiger partial charge < -0.3 is 4.74 Å². The van der Waals surface area contributed by atoms with Gasteiger partial charge in [-0.3, -0.25) is 9.78 Å². The van der Waals surface area contributed by atoms with Gasteiger partial charge in [-0.2, -0.15) is 0 Å². The number of aryl methyl sites for hydroxylation is 1. The highest BCUT2D eigenvalue weighted by atomic mass is 16.5. The lowest BCUT2D eigenvalue weighted by Crippen LogP contribution is -2.21. The molecule has 1 aromatic carbocycles. The minimum Gasteiger partial charge on any atom is -0.493 e. The summed E-state index contributed by atoms with van der Waals surface area (Å²) in [4.78, 5) is 16.8. The molecule has 3 nitrogen and oxygen atoms in total. The van der Waals surface area contributed by atoms with Crippen molar-refractivity contribution in [2.45, 2.75) is 19.3 Å². The average Bonchev–Trinajstić information content (AvgIpc) is 2.47. The predicted octanol–water partition coefficient (Wildman–Crippen LogP) is 3.14. The molecule has 3 rings (SSSR count). The van der Waals surface area contributed by atoms with Gasteiger partial charge in [0.05, 0.1) is 12.5 Å². The van der Waals surface area contributed by atoms with Crippen LogP contribution in [-0.2, 0) is 0 Å². The Morgan fingerprint density at radius 1 is 1.26 bits per heavy atom. The van der Waals surface area contributed by atoms with E-state index in [9.17, 15) is 4.79 Å². The van der Waals surface area contributed by atoms with Gasteiger partial charge in [0.25, 0.3) is 0 Å². The zero-order valence-corrected chi connectivity index (χ0v) is 10.8. The molecule has 0 saturated heterocycles. The van der Waals surface area contributed by atoms with Crippen LogP contribution >= 0.6 is 0 Å². The van der Waals surface area contributed by atoms with Crippen LogP contribution in [0.3, 0.4) is 0 Å². The number of pyridine rings is 1. The van der Waals surface area contributed by atoms with E-state index in [1.54, 1.807) is 6.20 Å². The maximum Gasteiger partial charge on any atom is 0.172 e. The molecule has 0 N–H and O–H groups in total. The molecule has 2 heterocycles. The van der Waals surface area contributed by atoms with Gasteiger partial charge in [0.15, 0.2) is 5.78 Å². The van der Waals surface area contributed by atoms with E-state index in [0.29, 0.717) is 12.2 Å². The van der Waals surface area contributed by atoms with Crippen LogP contribution < -0.4 is 4.74 Å². The van der Waals surface area contributed by atoms with Crippen LogP contribution in [0.1, 0.15) is 34.0 Å². The molecule has 1 atom stereocenters. The van der Waals surface area contributed by atoms with Crippen LogP contribution in [0.25, 0.3) is 0 Å². The number of ether oxygens (including phenoxy) is 1. The lowest BCUT2D eigenvalue weighted by molar-refractivity contribution is 0.0932. The Kier molecular flexibility index (Phi) is 3.03. The highest BCUT2D eigenvalue weighted by molar-refractivity contribution is 6.01. The Balaban J connectivity index is 1.95. The second-order valence-corrected chi connectivity index (χ2v) is 4.78. The Bertz CT molecular complexity index is 604. The summed E-state index contributed by atoms with van der Waals surface area (Å²) in [5, 5.41) is 0. The molecule has 0 radical (unpaired) electrons. The molecule has 96 valence electrons. The molecule has 0 amide bonds. The first-order valence-corrected chi connectivity index (χ1v) is 6.44. The van der Waals surface area contributed by atoms with Gasteiger partial charge in [-0.25, -0.2) is 0 Å². The van der Waals surface area contributed by atoms with Crippen LogP contribution in [0.5, 0.6) is 5.75 Å². The lowest BCUT2D eigenvalue weighted by Gasteiger charge is -2.24. The van der Waals surface area contributed by atoms with Gasteiger partial charge in [-0.1, -0.05) is 18.2 Å². The number of nitrogens with zero attached hydrogens (tertiary/aromatic N) is 1. The maximum atomic E-state index is 12.6. The third-order valence-electron chi connectivity index (χ3n) is 3.47. The molecule has 0 fully saturated rings. The summed E-state index contributed by atoms with van der Waals surface area (Å²) < 4.78 is 5.59. The van der Waals surface area contributed by atoms with E-state index in [1.165, 1.54) is 0 Å². The summed E-state index contributed by atoms with van der Waals surface area (Å²) in [5.41, 5.74) is 2.58. The summed E-state index contributed by atoms with van der Waals surface area (Å²) >= 11 is 0. The van der Waals surface area contributed by atoms with Crippen molar-refractivity contribution in [1.82, 2.24) is 4.98 Å². The normalized spacial score (nSPS) is 17.4. The predicted molar refractivity (Wildman–Crippen MR) is 72.6 cm³/mol. The Labute approximate surface area is 112 Å². The fraction of sp³-hybridized carbons (Fsp3) is 0.250. The zero-order valence-electron chi connectivity index (χ0n) is 10.8. The summed E-state index contributed by atoms with van der Waals surface area (Å²) in [6, 6.07) is 11.5. The number of aromatic nitrogens is 1. The number of hydrogen-bond acceptors (Lipinski definition) is 3. The Hall–Kier alpha value is -2.16. The van der Waals surface area contributed by atoms with Crippen LogP contribution in [0, 0.1) is 6.92 Å². The summed E-state index contributed by atoms with van der Waals surface area (Å²) in [6.45, 7) is 2.50. The fourth-order valence-electron chi connectivity index (χ4n) is 2.43. The second kappa shape index (κ2) is 4.84. The van der Waals surface area contributed by atoms with E-state index in [1.807, 2.05) is 43.3 Å². The smallest absolute Gasteiger partial charge is 0.172 e. The van der Waals surface area contributed by atoms with Crippen LogP contribution in [0.4, 0.5) is 0 Å². The van der Waals surface area contributed by atoms with Crippen molar-refractivity contribution in [2.24, 2.45) is 0 Å². The van der Waals surface area contributed by atoms with E-state index in [4.69, 9.17) is 4.74 Å². The highest BCUT2D eigenvalue weighted by Gasteiger charge is 2.28. The maximum absolute atomic E-state index is 12.6. The van der Waals surface area contributed by atoms with Crippen molar-refractivity contribution < 1.29 is 9.53 Å². The van der Waals surface area contributed by atoms with Crippen LogP contribution in [0.2, 0.25) is 0 Å². The molecule has 1 aliphatic heterocycles. The molecule has 0 spiro atoms. The summed E-state index contributed by atoms with van der Waals surface area (Å²) in [6.07, 6.45) is 2.39. The molecule has 19 heavy (non-hydrogen) atoms. The molecule has 0 bridgehead atoms. The molecule has 1 unspecified atom stereocenters. The van der Waals surface area contributed by atoms with Gasteiger partial charge in [-0.05, 0) is 31.5 Å². The SMILES string of the molecule is Cc1ccc(C(=O)C2CCOc3ccccc32)cn1. The monoisotopic (exact) mass is 253 g/mol. The molecular formula is C16H15NO2. The molecule has 0 saturated carbocycles. The molecule has 3 heteroatoms. The van der Waals surface area contributed by atoms with Gasteiger partial charge >= 0.3 is 0 Å². The van der Waals surface area contributed by atoms with Gasteiger partial charge in [-0.15, -0.1) is 0 Å². The number of rotatable bonds is 2. The standard InChI is InChI=1S/C16H15NO2/c1-11-6-7-12(10-17-11)16(18)14-8-9-19-15-5-3-2-4-13(14)15/h2-7,10,14H,8-9H2,1H3. The number of Topliss-reactive ketones (excluding diaryl/α,β-unsaturated/α-hetero) is 1. The number of para-hydroxylation sites is 1. The van der Waals surface area contributed by atoms with Crippen LogP contribution in [0.15, 0.2) is 42.6 Å². The average molecular weight is 253 g/mol. The van der Waals surface area contributed by atoms with Crippen molar-refractivity contribution in [3.63, 3.8) is 0 Å². The van der Waals surface area contributed by atoms with Crippen LogP contribution in [-0.4, -0.2) is 17.4 Å². The minimum absolute atomic E-state index is 0.116.